The molecule has 2 aliphatic rings. The van der Waals surface area contributed by atoms with Crippen LogP contribution in [0.25, 0.3) is 5.69 Å². The number of rotatable bonds is 3. The van der Waals surface area contributed by atoms with Crippen LogP contribution in [-0.2, 0) is 4.79 Å². The number of likely N-dealkylation sites (tertiary alicyclic amines) is 1. The number of para-hydroxylation sites is 1. The first-order valence-corrected chi connectivity index (χ1v) is 8.57. The predicted molar refractivity (Wildman–Crippen MR) is 89.7 cm³/mol. The first kappa shape index (κ1) is 16.1. The van der Waals surface area contributed by atoms with E-state index in [9.17, 15) is 9.59 Å². The number of hydrogen-bond donors (Lipinski definition) is 1. The maximum atomic E-state index is 12.6. The van der Waals surface area contributed by atoms with Gasteiger partial charge in [-0.1, -0.05) is 28.9 Å². The Kier molecular flexibility index (Phi) is 3.76. The molecular weight excluding hydrogens is 344 g/mol. The average molecular weight is 361 g/mol. The minimum atomic E-state index is -0.720. The number of aliphatic carboxylic acids is 1. The molecule has 2 heterocycles. The van der Waals surface area contributed by atoms with Crippen molar-refractivity contribution in [1.82, 2.24) is 19.9 Å². The standard InChI is InChI=1S/C17H17ClN4O3/c18-12-3-1-2-4-14(12)22-10-13(19-20-22)15(23)21-7-5-17(6-8-21)9-11(17)16(24)25/h1-4,10-11H,5-9H2,(H,24,25). The first-order valence-electron chi connectivity index (χ1n) is 8.19. The van der Waals surface area contributed by atoms with Crippen molar-refractivity contribution in [2.75, 3.05) is 13.1 Å². The molecule has 1 atom stereocenters. The first-order chi connectivity index (χ1) is 12.0. The lowest BCUT2D eigenvalue weighted by Gasteiger charge is -2.32. The van der Waals surface area contributed by atoms with E-state index in [0.29, 0.717) is 23.8 Å². The Morgan fingerprint density at radius 2 is 1.96 bits per heavy atom. The summed E-state index contributed by atoms with van der Waals surface area (Å²) in [6, 6.07) is 7.21. The molecule has 0 bridgehead atoms. The van der Waals surface area contributed by atoms with Crippen LogP contribution in [0.1, 0.15) is 29.8 Å². The van der Waals surface area contributed by atoms with Gasteiger partial charge in [0.15, 0.2) is 5.69 Å². The summed E-state index contributed by atoms with van der Waals surface area (Å²) < 4.78 is 1.49. The van der Waals surface area contributed by atoms with E-state index in [4.69, 9.17) is 16.7 Å². The number of amides is 1. The molecule has 1 aliphatic heterocycles. The monoisotopic (exact) mass is 360 g/mol. The van der Waals surface area contributed by atoms with Gasteiger partial charge in [-0.15, -0.1) is 5.10 Å². The van der Waals surface area contributed by atoms with E-state index in [2.05, 4.69) is 10.3 Å². The van der Waals surface area contributed by atoms with E-state index in [0.717, 1.165) is 19.3 Å². The molecule has 7 nitrogen and oxygen atoms in total. The Morgan fingerprint density at radius 1 is 1.24 bits per heavy atom. The van der Waals surface area contributed by atoms with Crippen LogP contribution in [0.3, 0.4) is 0 Å². The van der Waals surface area contributed by atoms with E-state index in [-0.39, 0.29) is 22.9 Å². The van der Waals surface area contributed by atoms with E-state index >= 15 is 0 Å². The third-order valence-corrected chi connectivity index (χ3v) is 5.67. The molecule has 2 fully saturated rings. The molecule has 1 amide bonds. The molecule has 4 rings (SSSR count). The Bertz CT molecular complexity index is 842. The molecular formula is C17H17ClN4O3. The average Bonchev–Trinajstić information content (AvgIpc) is 3.09. The van der Waals surface area contributed by atoms with E-state index < -0.39 is 5.97 Å². The molecule has 1 spiro atoms. The van der Waals surface area contributed by atoms with Crippen molar-refractivity contribution < 1.29 is 14.7 Å². The lowest BCUT2D eigenvalue weighted by atomic mass is 9.90. The number of halogens is 1. The second kappa shape index (κ2) is 5.84. The number of carboxylic acid groups (broad SMARTS) is 1. The number of hydrogen-bond acceptors (Lipinski definition) is 4. The van der Waals surface area contributed by atoms with Crippen molar-refractivity contribution in [2.24, 2.45) is 11.3 Å². The van der Waals surface area contributed by atoms with Gasteiger partial charge in [-0.3, -0.25) is 9.59 Å². The van der Waals surface area contributed by atoms with Crippen LogP contribution < -0.4 is 0 Å². The van der Waals surface area contributed by atoms with Crippen molar-refractivity contribution >= 4 is 23.5 Å². The summed E-state index contributed by atoms with van der Waals surface area (Å²) in [5, 5.41) is 17.6. The highest BCUT2D eigenvalue weighted by Gasteiger charge is 2.59. The highest BCUT2D eigenvalue weighted by Crippen LogP contribution is 2.59. The number of carbonyl (C=O) groups excluding carboxylic acids is 1. The lowest BCUT2D eigenvalue weighted by Crippen LogP contribution is -2.40. The van der Waals surface area contributed by atoms with Crippen molar-refractivity contribution in [3.05, 3.63) is 41.2 Å². The molecule has 2 aromatic rings. The number of carboxylic acids is 1. The third-order valence-electron chi connectivity index (χ3n) is 5.35. The van der Waals surface area contributed by atoms with Crippen molar-refractivity contribution in [3.63, 3.8) is 0 Å². The van der Waals surface area contributed by atoms with Crippen molar-refractivity contribution in [3.8, 4) is 5.69 Å². The number of nitrogens with zero attached hydrogens (tertiary/aromatic N) is 4. The van der Waals surface area contributed by atoms with Gasteiger partial charge in [0.05, 0.1) is 22.8 Å². The summed E-state index contributed by atoms with van der Waals surface area (Å²) in [4.78, 5) is 25.5. The van der Waals surface area contributed by atoms with Gasteiger partial charge in [0.2, 0.25) is 0 Å². The van der Waals surface area contributed by atoms with Gasteiger partial charge in [0.25, 0.3) is 5.91 Å². The second-order valence-electron chi connectivity index (χ2n) is 6.75. The summed E-state index contributed by atoms with van der Waals surface area (Å²) in [7, 11) is 0. The number of piperidine rings is 1. The van der Waals surface area contributed by atoms with E-state index in [1.54, 1.807) is 23.2 Å². The fraction of sp³-hybridized carbons (Fsp3) is 0.412. The molecule has 8 heteroatoms. The lowest BCUT2D eigenvalue weighted by molar-refractivity contribution is -0.139. The Balaban J connectivity index is 1.45. The Hall–Kier alpha value is -2.41. The number of benzene rings is 1. The fourth-order valence-corrected chi connectivity index (χ4v) is 3.91. The maximum absolute atomic E-state index is 12.6. The van der Waals surface area contributed by atoms with Gasteiger partial charge >= 0.3 is 5.97 Å². The van der Waals surface area contributed by atoms with Crippen molar-refractivity contribution in [2.45, 2.75) is 19.3 Å². The molecule has 1 aromatic heterocycles. The minimum absolute atomic E-state index is 0.0994. The zero-order chi connectivity index (χ0) is 17.6. The smallest absolute Gasteiger partial charge is 0.307 e. The third kappa shape index (κ3) is 2.78. The summed E-state index contributed by atoms with van der Waals surface area (Å²) in [5.41, 5.74) is 0.828. The normalized spacial score (nSPS) is 21.3. The topological polar surface area (TPSA) is 88.3 Å². The molecule has 0 radical (unpaired) electrons. The van der Waals surface area contributed by atoms with Gasteiger partial charge in [-0.2, -0.15) is 0 Å². The zero-order valence-corrected chi connectivity index (χ0v) is 14.2. The van der Waals surface area contributed by atoms with Gasteiger partial charge in [0.1, 0.15) is 0 Å². The van der Waals surface area contributed by atoms with Crippen LogP contribution in [0, 0.1) is 11.3 Å². The fourth-order valence-electron chi connectivity index (χ4n) is 3.68. The van der Waals surface area contributed by atoms with Crippen LogP contribution in [0.2, 0.25) is 5.02 Å². The quantitative estimate of drug-likeness (QED) is 0.906. The van der Waals surface area contributed by atoms with Crippen LogP contribution >= 0.6 is 11.6 Å². The SMILES string of the molecule is O=C(O)C1CC12CCN(C(=O)c1cn(-c3ccccc3Cl)nn1)CC2. The molecule has 1 aromatic carbocycles. The second-order valence-corrected chi connectivity index (χ2v) is 7.16. The molecule has 1 saturated heterocycles. The molecule has 1 aliphatic carbocycles. The van der Waals surface area contributed by atoms with Gasteiger partial charge in [-0.05, 0) is 36.8 Å². The molecule has 25 heavy (non-hydrogen) atoms. The van der Waals surface area contributed by atoms with Gasteiger partial charge < -0.3 is 10.0 Å². The molecule has 1 N–H and O–H groups in total. The zero-order valence-electron chi connectivity index (χ0n) is 13.4. The van der Waals surface area contributed by atoms with Gasteiger partial charge in [0, 0.05) is 13.1 Å². The molecule has 1 unspecified atom stereocenters. The van der Waals surface area contributed by atoms with Crippen LogP contribution in [-0.4, -0.2) is 50.0 Å². The summed E-state index contributed by atoms with van der Waals surface area (Å²) in [5.74, 6) is -1.14. The highest BCUT2D eigenvalue weighted by atomic mass is 35.5. The van der Waals surface area contributed by atoms with Crippen LogP contribution in [0.15, 0.2) is 30.5 Å². The minimum Gasteiger partial charge on any atom is -0.481 e. The van der Waals surface area contributed by atoms with Crippen molar-refractivity contribution in [1.29, 1.82) is 0 Å². The number of carbonyl (C=O) groups is 2. The summed E-state index contributed by atoms with van der Waals surface area (Å²) >= 11 is 6.14. The maximum Gasteiger partial charge on any atom is 0.307 e. The Labute approximate surface area is 149 Å². The largest absolute Gasteiger partial charge is 0.481 e. The molecule has 130 valence electrons. The van der Waals surface area contributed by atoms with E-state index in [1.807, 2.05) is 12.1 Å². The summed E-state index contributed by atoms with van der Waals surface area (Å²) in [6.07, 6.45) is 3.76. The number of aromatic nitrogens is 3. The van der Waals surface area contributed by atoms with Crippen LogP contribution in [0.4, 0.5) is 0 Å². The Morgan fingerprint density at radius 3 is 2.60 bits per heavy atom. The molecule has 1 saturated carbocycles. The van der Waals surface area contributed by atoms with Crippen LogP contribution in [0.5, 0.6) is 0 Å². The predicted octanol–water partition coefficient (Wildman–Crippen LogP) is 2.25. The highest BCUT2D eigenvalue weighted by molar-refractivity contribution is 6.32. The van der Waals surface area contributed by atoms with Gasteiger partial charge in [-0.25, -0.2) is 4.68 Å². The summed E-state index contributed by atoms with van der Waals surface area (Å²) in [6.45, 7) is 1.11. The van der Waals surface area contributed by atoms with E-state index in [1.165, 1.54) is 4.68 Å².